The van der Waals surface area contributed by atoms with Crippen molar-refractivity contribution in [2.24, 2.45) is 11.1 Å². The fourth-order valence-electron chi connectivity index (χ4n) is 3.44. The molecule has 2 heterocycles. The molecule has 0 atom stereocenters. The van der Waals surface area contributed by atoms with E-state index in [1.807, 2.05) is 0 Å². The number of rotatable bonds is 3. The van der Waals surface area contributed by atoms with Crippen molar-refractivity contribution in [1.82, 2.24) is 4.90 Å². The smallest absolute Gasteiger partial charge is 0.0377 e. The van der Waals surface area contributed by atoms with Gasteiger partial charge in [0.2, 0.25) is 0 Å². The lowest BCUT2D eigenvalue weighted by atomic mass is 9.79. The summed E-state index contributed by atoms with van der Waals surface area (Å²) in [6.45, 7) is 8.81. The van der Waals surface area contributed by atoms with Gasteiger partial charge >= 0.3 is 0 Å². The molecule has 2 fully saturated rings. The summed E-state index contributed by atoms with van der Waals surface area (Å²) in [6.07, 6.45) is 1.32. The number of halogens is 1. The molecule has 0 saturated carbocycles. The fourth-order valence-corrected chi connectivity index (χ4v) is 3.80. The van der Waals surface area contributed by atoms with Crippen LogP contribution in [0.5, 0.6) is 0 Å². The summed E-state index contributed by atoms with van der Waals surface area (Å²) in [5, 5.41) is 0. The molecule has 0 amide bonds. The molecular weight excluding hydrogens is 302 g/mol. The van der Waals surface area contributed by atoms with E-state index in [9.17, 15) is 0 Å². The number of hydrogen-bond acceptors (Lipinski definition) is 3. The minimum Gasteiger partial charge on any atom is -0.371 e. The maximum atomic E-state index is 5.62. The van der Waals surface area contributed by atoms with E-state index in [1.54, 1.807) is 0 Å². The summed E-state index contributed by atoms with van der Waals surface area (Å²) < 4.78 is 1.21. The van der Waals surface area contributed by atoms with E-state index in [0.29, 0.717) is 5.41 Å². The number of nitrogens with zero attached hydrogens (tertiary/aromatic N) is 2. The molecular formula is C15H22BrN3. The summed E-state index contributed by atoms with van der Waals surface area (Å²) in [7, 11) is 0. The van der Waals surface area contributed by atoms with E-state index in [1.165, 1.54) is 48.3 Å². The van der Waals surface area contributed by atoms with Gasteiger partial charge < -0.3 is 15.5 Å². The molecule has 0 unspecified atom stereocenters. The lowest BCUT2D eigenvalue weighted by molar-refractivity contribution is 0.0213. The predicted octanol–water partition coefficient (Wildman–Crippen LogP) is 2.23. The number of anilines is 1. The summed E-state index contributed by atoms with van der Waals surface area (Å²) >= 11 is 3.63. The third kappa shape index (κ3) is 2.54. The zero-order chi connectivity index (χ0) is 13.5. The Hall–Kier alpha value is -0.580. The van der Waals surface area contributed by atoms with Crippen molar-refractivity contribution in [3.8, 4) is 0 Å². The molecule has 1 aromatic carbocycles. The molecule has 2 saturated heterocycles. The Labute approximate surface area is 123 Å². The van der Waals surface area contributed by atoms with Gasteiger partial charge in [-0.1, -0.05) is 22.0 Å². The predicted molar refractivity (Wildman–Crippen MR) is 83.6 cm³/mol. The van der Waals surface area contributed by atoms with Crippen LogP contribution in [0.25, 0.3) is 0 Å². The van der Waals surface area contributed by atoms with E-state index < -0.39 is 0 Å². The van der Waals surface area contributed by atoms with Gasteiger partial charge in [-0.25, -0.2) is 0 Å². The number of aryl methyl sites for hydroxylation is 1. The lowest BCUT2D eigenvalue weighted by Crippen LogP contribution is -2.58. The van der Waals surface area contributed by atoms with Gasteiger partial charge in [0.1, 0.15) is 0 Å². The molecule has 19 heavy (non-hydrogen) atoms. The van der Waals surface area contributed by atoms with E-state index in [-0.39, 0.29) is 0 Å². The Kier molecular flexibility index (Phi) is 3.58. The molecule has 1 spiro atoms. The van der Waals surface area contributed by atoms with Crippen molar-refractivity contribution in [2.75, 3.05) is 44.2 Å². The van der Waals surface area contributed by atoms with Crippen LogP contribution >= 0.6 is 15.9 Å². The molecule has 2 aliphatic rings. The third-order valence-corrected chi connectivity index (χ3v) is 5.38. The largest absolute Gasteiger partial charge is 0.371 e. The highest BCUT2D eigenvalue weighted by Gasteiger charge is 2.47. The summed E-state index contributed by atoms with van der Waals surface area (Å²) in [5.41, 5.74) is 8.81. The molecule has 2 aliphatic heterocycles. The zero-order valence-corrected chi connectivity index (χ0v) is 13.1. The Balaban J connectivity index is 1.65. The second-order valence-electron chi connectivity index (χ2n) is 6.10. The van der Waals surface area contributed by atoms with Crippen molar-refractivity contribution < 1.29 is 0 Å². The van der Waals surface area contributed by atoms with Gasteiger partial charge in [-0.3, -0.25) is 0 Å². The average molecular weight is 324 g/mol. The normalized spacial score (nSPS) is 21.9. The maximum absolute atomic E-state index is 5.62. The molecule has 4 heteroatoms. The highest BCUT2D eigenvalue weighted by Crippen LogP contribution is 2.41. The van der Waals surface area contributed by atoms with Crippen LogP contribution in [0, 0.1) is 12.3 Å². The lowest BCUT2D eigenvalue weighted by Gasteiger charge is -2.48. The van der Waals surface area contributed by atoms with E-state index >= 15 is 0 Å². The fraction of sp³-hybridized carbons (Fsp3) is 0.600. The number of likely N-dealkylation sites (tertiary alicyclic amines) is 1. The molecule has 3 rings (SSSR count). The quantitative estimate of drug-likeness (QED) is 0.925. The zero-order valence-electron chi connectivity index (χ0n) is 11.5. The Morgan fingerprint density at radius 1 is 1.32 bits per heavy atom. The third-order valence-electron chi connectivity index (χ3n) is 4.52. The van der Waals surface area contributed by atoms with Gasteiger partial charge in [0.05, 0.1) is 0 Å². The first kappa shape index (κ1) is 13.4. The summed E-state index contributed by atoms with van der Waals surface area (Å²) in [4.78, 5) is 5.01. The van der Waals surface area contributed by atoms with Crippen LogP contribution in [0.15, 0.2) is 22.7 Å². The van der Waals surface area contributed by atoms with Gasteiger partial charge in [0, 0.05) is 54.8 Å². The number of hydrogen-bond donors (Lipinski definition) is 1. The van der Waals surface area contributed by atoms with Crippen LogP contribution in [0.3, 0.4) is 0 Å². The molecule has 0 aromatic heterocycles. The van der Waals surface area contributed by atoms with Gasteiger partial charge in [-0.05, 0) is 31.0 Å². The topological polar surface area (TPSA) is 32.5 Å². The van der Waals surface area contributed by atoms with Crippen LogP contribution < -0.4 is 10.6 Å². The minimum absolute atomic E-state index is 0.534. The molecule has 0 bridgehead atoms. The van der Waals surface area contributed by atoms with Crippen LogP contribution in [0.2, 0.25) is 0 Å². The first-order chi connectivity index (χ1) is 9.12. The standard InChI is InChI=1S/C15H22BrN3/c1-12-2-3-13(8-14(12)16)19-6-4-15(11-19)9-18(10-15)7-5-17/h2-3,8H,4-7,9-11,17H2,1H3. The monoisotopic (exact) mass is 323 g/mol. The highest BCUT2D eigenvalue weighted by molar-refractivity contribution is 9.10. The molecule has 2 N–H and O–H groups in total. The van der Waals surface area contributed by atoms with Crippen LogP contribution in [0.1, 0.15) is 12.0 Å². The first-order valence-corrected chi connectivity index (χ1v) is 7.85. The number of benzene rings is 1. The average Bonchev–Trinajstić information content (AvgIpc) is 2.78. The van der Waals surface area contributed by atoms with E-state index in [2.05, 4.69) is 50.9 Å². The molecule has 0 aliphatic carbocycles. The highest BCUT2D eigenvalue weighted by atomic mass is 79.9. The molecule has 3 nitrogen and oxygen atoms in total. The Morgan fingerprint density at radius 3 is 2.79 bits per heavy atom. The minimum atomic E-state index is 0.534. The van der Waals surface area contributed by atoms with E-state index in [0.717, 1.165) is 13.1 Å². The van der Waals surface area contributed by atoms with Crippen molar-refractivity contribution in [1.29, 1.82) is 0 Å². The van der Waals surface area contributed by atoms with Crippen LogP contribution in [-0.2, 0) is 0 Å². The van der Waals surface area contributed by atoms with Crippen LogP contribution in [0.4, 0.5) is 5.69 Å². The molecule has 0 radical (unpaired) electrons. The van der Waals surface area contributed by atoms with Crippen molar-refractivity contribution >= 4 is 21.6 Å². The first-order valence-electron chi connectivity index (χ1n) is 7.05. The van der Waals surface area contributed by atoms with Crippen molar-refractivity contribution in [3.63, 3.8) is 0 Å². The van der Waals surface area contributed by atoms with Crippen LogP contribution in [-0.4, -0.2) is 44.2 Å². The van der Waals surface area contributed by atoms with Crippen molar-refractivity contribution in [2.45, 2.75) is 13.3 Å². The number of nitrogens with two attached hydrogens (primary N) is 1. The Morgan fingerprint density at radius 2 is 2.11 bits per heavy atom. The Bertz CT molecular complexity index is 468. The van der Waals surface area contributed by atoms with Gasteiger partial charge in [-0.15, -0.1) is 0 Å². The molecule has 104 valence electrons. The molecule has 1 aromatic rings. The van der Waals surface area contributed by atoms with Gasteiger partial charge in [0.25, 0.3) is 0 Å². The summed E-state index contributed by atoms with van der Waals surface area (Å²) in [6, 6.07) is 6.70. The summed E-state index contributed by atoms with van der Waals surface area (Å²) in [5.74, 6) is 0. The van der Waals surface area contributed by atoms with Gasteiger partial charge in [0.15, 0.2) is 0 Å². The van der Waals surface area contributed by atoms with Crippen molar-refractivity contribution in [3.05, 3.63) is 28.2 Å². The maximum Gasteiger partial charge on any atom is 0.0377 e. The second kappa shape index (κ2) is 5.08. The SMILES string of the molecule is Cc1ccc(N2CCC3(CN(CCN)C3)C2)cc1Br. The van der Waals surface area contributed by atoms with E-state index in [4.69, 9.17) is 5.73 Å². The second-order valence-corrected chi connectivity index (χ2v) is 6.96. The van der Waals surface area contributed by atoms with Gasteiger partial charge in [-0.2, -0.15) is 0 Å².